The summed E-state index contributed by atoms with van der Waals surface area (Å²) in [4.78, 5) is 33.5. The first-order chi connectivity index (χ1) is 11.5. The number of carbonyl (C=O) groups is 2. The van der Waals surface area contributed by atoms with E-state index in [0.717, 1.165) is 0 Å². The van der Waals surface area contributed by atoms with Gasteiger partial charge in [0.2, 0.25) is 0 Å². The van der Waals surface area contributed by atoms with Crippen LogP contribution in [0.25, 0.3) is 0 Å². The number of hydroxylamine groups is 3. The van der Waals surface area contributed by atoms with E-state index in [9.17, 15) is 18.0 Å². The Morgan fingerprint density at radius 3 is 2.52 bits per heavy atom. The fourth-order valence-corrected chi connectivity index (χ4v) is 3.88. The SMILES string of the molecule is CN1CC(ONC(=O)C2CC(C)(C)C3CN2C(=O)N3OS(=O)(=O)O)C1. The number of carbonyl (C=O) groups excluding carboxylic acids is 2. The highest BCUT2D eigenvalue weighted by Crippen LogP contribution is 2.42. The summed E-state index contributed by atoms with van der Waals surface area (Å²) in [6.07, 6.45) is 0.209. The van der Waals surface area contributed by atoms with E-state index in [-0.39, 0.29) is 12.6 Å². The number of likely N-dealkylation sites (tertiary alicyclic amines) is 1. The van der Waals surface area contributed by atoms with E-state index in [0.29, 0.717) is 24.6 Å². The van der Waals surface area contributed by atoms with Crippen molar-refractivity contribution in [1.82, 2.24) is 20.3 Å². The molecule has 0 aromatic rings. The minimum Gasteiger partial charge on any atom is -0.309 e. The quantitative estimate of drug-likeness (QED) is 0.460. The van der Waals surface area contributed by atoms with Crippen molar-refractivity contribution < 1.29 is 31.7 Å². The van der Waals surface area contributed by atoms with Gasteiger partial charge >= 0.3 is 16.4 Å². The predicted molar refractivity (Wildman–Crippen MR) is 83.1 cm³/mol. The molecule has 142 valence electrons. The fourth-order valence-electron chi connectivity index (χ4n) is 3.51. The Kier molecular flexibility index (Phi) is 4.44. The van der Waals surface area contributed by atoms with E-state index in [2.05, 4.69) is 9.76 Å². The lowest BCUT2D eigenvalue weighted by Crippen LogP contribution is -2.57. The molecule has 3 saturated heterocycles. The van der Waals surface area contributed by atoms with Gasteiger partial charge in [0.05, 0.1) is 6.04 Å². The second-order valence-electron chi connectivity index (χ2n) is 7.41. The number of urea groups is 1. The van der Waals surface area contributed by atoms with Crippen molar-refractivity contribution in [2.45, 2.75) is 38.5 Å². The molecular weight excluding hydrogens is 356 g/mol. The largest absolute Gasteiger partial charge is 0.418 e. The van der Waals surface area contributed by atoms with Crippen molar-refractivity contribution in [3.05, 3.63) is 0 Å². The monoisotopic (exact) mass is 378 g/mol. The van der Waals surface area contributed by atoms with E-state index >= 15 is 0 Å². The number of rotatable bonds is 5. The van der Waals surface area contributed by atoms with E-state index < -0.39 is 39.8 Å². The number of nitrogens with zero attached hydrogens (tertiary/aromatic N) is 3. The van der Waals surface area contributed by atoms with Gasteiger partial charge in [-0.05, 0) is 18.9 Å². The molecule has 0 aromatic heterocycles. The number of likely N-dealkylation sites (N-methyl/N-ethyl adjacent to an activating group) is 1. The van der Waals surface area contributed by atoms with Gasteiger partial charge in [-0.1, -0.05) is 13.8 Å². The van der Waals surface area contributed by atoms with Crippen molar-refractivity contribution in [1.29, 1.82) is 0 Å². The first kappa shape index (κ1) is 18.3. The van der Waals surface area contributed by atoms with Crippen LogP contribution in [0.1, 0.15) is 20.3 Å². The van der Waals surface area contributed by atoms with Gasteiger partial charge in [-0.3, -0.25) is 14.2 Å². The van der Waals surface area contributed by atoms with E-state index in [1.54, 1.807) is 13.8 Å². The number of nitrogens with one attached hydrogen (secondary N) is 1. The number of amides is 3. The maximum atomic E-state index is 12.5. The highest BCUT2D eigenvalue weighted by Gasteiger charge is 2.57. The summed E-state index contributed by atoms with van der Waals surface area (Å²) in [6.45, 7) is 5.13. The Labute approximate surface area is 145 Å². The van der Waals surface area contributed by atoms with Gasteiger partial charge in [0.1, 0.15) is 12.1 Å². The lowest BCUT2D eigenvalue weighted by atomic mass is 9.76. The molecule has 0 spiro atoms. The fraction of sp³-hybridized carbons (Fsp3) is 0.846. The molecule has 25 heavy (non-hydrogen) atoms. The topological polar surface area (TPSA) is 129 Å². The zero-order valence-electron chi connectivity index (χ0n) is 14.2. The minimum absolute atomic E-state index is 0.0908. The van der Waals surface area contributed by atoms with Crippen LogP contribution in [0.5, 0.6) is 0 Å². The Hall–Kier alpha value is -1.47. The highest BCUT2D eigenvalue weighted by molar-refractivity contribution is 7.80. The van der Waals surface area contributed by atoms with Crippen LogP contribution in [-0.2, 0) is 24.3 Å². The zero-order valence-corrected chi connectivity index (χ0v) is 15.0. The van der Waals surface area contributed by atoms with Gasteiger partial charge in [0.25, 0.3) is 5.91 Å². The first-order valence-corrected chi connectivity index (χ1v) is 9.25. The van der Waals surface area contributed by atoms with Crippen molar-refractivity contribution in [3.63, 3.8) is 0 Å². The third kappa shape index (κ3) is 3.58. The summed E-state index contributed by atoms with van der Waals surface area (Å²) in [5.74, 6) is -0.469. The molecule has 0 aliphatic carbocycles. The number of hydrogen-bond donors (Lipinski definition) is 2. The van der Waals surface area contributed by atoms with Gasteiger partial charge in [0, 0.05) is 19.6 Å². The summed E-state index contributed by atoms with van der Waals surface area (Å²) < 4.78 is 35.3. The van der Waals surface area contributed by atoms with Gasteiger partial charge in [-0.25, -0.2) is 10.3 Å². The third-order valence-corrected chi connectivity index (χ3v) is 5.27. The van der Waals surface area contributed by atoms with Crippen LogP contribution in [0.2, 0.25) is 0 Å². The maximum Gasteiger partial charge on any atom is 0.418 e. The van der Waals surface area contributed by atoms with Crippen LogP contribution in [0.15, 0.2) is 0 Å². The summed E-state index contributed by atoms with van der Waals surface area (Å²) in [7, 11) is -2.91. The van der Waals surface area contributed by atoms with Crippen LogP contribution in [0, 0.1) is 5.41 Å². The average Bonchev–Trinajstić information content (AvgIpc) is 2.72. The number of fused-ring (bicyclic) bond motifs is 2. The second-order valence-corrected chi connectivity index (χ2v) is 8.42. The average molecular weight is 378 g/mol. The summed E-state index contributed by atoms with van der Waals surface area (Å²) >= 11 is 0. The molecule has 0 radical (unpaired) electrons. The van der Waals surface area contributed by atoms with E-state index in [4.69, 9.17) is 9.39 Å². The van der Waals surface area contributed by atoms with Crippen LogP contribution in [-0.4, -0.2) is 84.6 Å². The molecule has 3 aliphatic rings. The molecular formula is C13H22N4O7S. The first-order valence-electron chi connectivity index (χ1n) is 7.89. The standard InChI is InChI=1S/C13H22N4O7S/c1-13(2)4-9(11(18)14-23-8-5-15(3)6-8)16-7-10(13)17(12(16)19)24-25(20,21)22/h8-10H,4-7H2,1-3H3,(H,14,18)(H,20,21,22). The molecule has 2 bridgehead atoms. The molecule has 3 aliphatic heterocycles. The lowest BCUT2D eigenvalue weighted by Gasteiger charge is -2.41. The van der Waals surface area contributed by atoms with Gasteiger partial charge in [-0.2, -0.15) is 13.5 Å². The van der Waals surface area contributed by atoms with Crippen molar-refractivity contribution >= 4 is 22.3 Å². The number of piperidine rings is 1. The summed E-state index contributed by atoms with van der Waals surface area (Å²) in [5, 5.41) is 0.629. The van der Waals surface area contributed by atoms with E-state index in [1.807, 2.05) is 11.9 Å². The molecule has 3 fully saturated rings. The lowest BCUT2D eigenvalue weighted by molar-refractivity contribution is -0.154. The molecule has 2 unspecified atom stereocenters. The van der Waals surface area contributed by atoms with Crippen LogP contribution < -0.4 is 5.48 Å². The Morgan fingerprint density at radius 1 is 1.32 bits per heavy atom. The van der Waals surface area contributed by atoms with E-state index in [1.165, 1.54) is 4.90 Å². The maximum absolute atomic E-state index is 12.5. The molecule has 0 aromatic carbocycles. The van der Waals surface area contributed by atoms with Gasteiger partial charge in [0.15, 0.2) is 0 Å². The Morgan fingerprint density at radius 2 is 1.96 bits per heavy atom. The Balaban J connectivity index is 1.70. The summed E-state index contributed by atoms with van der Waals surface area (Å²) in [5.41, 5.74) is 1.79. The van der Waals surface area contributed by atoms with Crippen molar-refractivity contribution in [2.24, 2.45) is 5.41 Å². The normalized spacial score (nSPS) is 29.7. The molecule has 2 N–H and O–H groups in total. The molecule has 11 nitrogen and oxygen atoms in total. The molecule has 2 atom stereocenters. The Bertz CT molecular complexity index is 676. The molecule has 3 heterocycles. The van der Waals surface area contributed by atoms with Gasteiger partial charge in [-0.15, -0.1) is 4.28 Å². The minimum atomic E-state index is -4.84. The second kappa shape index (κ2) is 6.06. The highest BCUT2D eigenvalue weighted by atomic mass is 32.3. The van der Waals surface area contributed by atoms with Crippen LogP contribution >= 0.6 is 0 Å². The number of hydrogen-bond acceptors (Lipinski definition) is 7. The van der Waals surface area contributed by atoms with Crippen LogP contribution in [0.4, 0.5) is 4.79 Å². The summed E-state index contributed by atoms with van der Waals surface area (Å²) in [6, 6.07) is -2.20. The smallest absolute Gasteiger partial charge is 0.309 e. The zero-order chi connectivity index (χ0) is 18.6. The molecule has 12 heteroatoms. The molecule has 0 saturated carbocycles. The van der Waals surface area contributed by atoms with Crippen molar-refractivity contribution in [2.75, 3.05) is 26.7 Å². The molecule has 3 amide bonds. The predicted octanol–water partition coefficient (Wildman–Crippen LogP) is -1.01. The van der Waals surface area contributed by atoms with Crippen molar-refractivity contribution in [3.8, 4) is 0 Å². The third-order valence-electron chi connectivity index (χ3n) is 4.92. The van der Waals surface area contributed by atoms with Gasteiger partial charge < -0.3 is 9.80 Å². The van der Waals surface area contributed by atoms with Crippen LogP contribution in [0.3, 0.4) is 0 Å². The molecule has 3 rings (SSSR count).